The molecule has 1 saturated heterocycles. The number of hydrogen-bond acceptors (Lipinski definition) is 22. The lowest BCUT2D eigenvalue weighted by Crippen LogP contribution is -2.32. The van der Waals surface area contributed by atoms with E-state index in [2.05, 4.69) is 0 Å². The summed E-state index contributed by atoms with van der Waals surface area (Å²) in [6.07, 6.45) is 11.1. The van der Waals surface area contributed by atoms with Crippen molar-refractivity contribution in [2.24, 2.45) is 0 Å². The van der Waals surface area contributed by atoms with Crippen LogP contribution in [0, 0.1) is 0 Å². The zero-order chi connectivity index (χ0) is 68.2. The number of methoxy groups -OCH3 is 2. The number of rotatable bonds is 37. The molecule has 2 atom stereocenters. The summed E-state index contributed by atoms with van der Waals surface area (Å²) in [4.78, 5) is 40.0. The van der Waals surface area contributed by atoms with Gasteiger partial charge in [-0.25, -0.2) is 4.79 Å². The van der Waals surface area contributed by atoms with E-state index >= 15 is 0 Å². The van der Waals surface area contributed by atoms with Crippen LogP contribution in [-0.2, 0) is 114 Å². The van der Waals surface area contributed by atoms with Gasteiger partial charge in [-0.1, -0.05) is 42.5 Å². The highest BCUT2D eigenvalue weighted by Gasteiger charge is 2.50. The smallest absolute Gasteiger partial charge is 0.335 e. The molecule has 7 rings (SSSR count). The number of ether oxygens (including phenoxy) is 7. The summed E-state index contributed by atoms with van der Waals surface area (Å²) in [6, 6.07) is 9.08. The summed E-state index contributed by atoms with van der Waals surface area (Å²) in [6.45, 7) is 5.26. The summed E-state index contributed by atoms with van der Waals surface area (Å²) in [5.41, 5.74) is -0.233. The normalized spacial score (nSPS) is 18.7. The van der Waals surface area contributed by atoms with Crippen LogP contribution in [0.1, 0.15) is 63.5 Å². The maximum absolute atomic E-state index is 13.0. The van der Waals surface area contributed by atoms with E-state index in [9.17, 15) is 79.2 Å². The van der Waals surface area contributed by atoms with Gasteiger partial charge < -0.3 is 42.9 Å². The average molecular weight is 1400 g/mol. The number of allylic oxidation sites excluding steroid dienone is 8. The van der Waals surface area contributed by atoms with E-state index in [1.165, 1.54) is 19.2 Å². The predicted molar refractivity (Wildman–Crippen MR) is 334 cm³/mol. The lowest BCUT2D eigenvalue weighted by molar-refractivity contribution is -0.441. The van der Waals surface area contributed by atoms with Crippen LogP contribution in [0.4, 0.5) is 11.4 Å². The van der Waals surface area contributed by atoms with Crippen LogP contribution >= 0.6 is 0 Å². The fraction of sp³-hybridized carbons (Fsp3) is 0.458. The SMILES string of the molecule is COCCOCCOCCOCCC1(C)\C(=C/C=C/C=C/C=C/C2=[N+](CCOC)c3cc(S(=O)(=O)O)c4ccc(S(=O)(=O)O)cc4c3C2(C)CCCS(=O)(=O)O)N(CCOCCOCCC(=O)ON2C(=O)CCC2=O)c2ccc3c(S(=O)(=O)O)cc(S(=O)(=O)O)cc3c21. The lowest BCUT2D eigenvalue weighted by atomic mass is 9.74. The van der Waals surface area contributed by atoms with Crippen molar-refractivity contribution in [2.45, 2.75) is 82.8 Å². The van der Waals surface area contributed by atoms with E-state index in [1.54, 1.807) is 67.2 Å². The third kappa shape index (κ3) is 18.6. The van der Waals surface area contributed by atoms with Gasteiger partial charge in [0, 0.05) is 85.5 Å². The van der Waals surface area contributed by atoms with E-state index in [0.29, 0.717) is 59.2 Å². The number of hydroxylamine groups is 2. The molecule has 0 aromatic heterocycles. The van der Waals surface area contributed by atoms with Crippen molar-refractivity contribution in [3.63, 3.8) is 0 Å². The van der Waals surface area contributed by atoms with Crippen molar-refractivity contribution in [1.82, 2.24) is 5.06 Å². The molecule has 93 heavy (non-hydrogen) atoms. The first-order valence-electron chi connectivity index (χ1n) is 28.9. The Hall–Kier alpha value is -6.29. The molecule has 4 aromatic rings. The highest BCUT2D eigenvalue weighted by atomic mass is 32.2. The molecule has 2 amide bonds. The van der Waals surface area contributed by atoms with Crippen molar-refractivity contribution in [3.8, 4) is 0 Å². The van der Waals surface area contributed by atoms with Gasteiger partial charge in [0.1, 0.15) is 16.4 Å². The van der Waals surface area contributed by atoms with Crippen LogP contribution < -0.4 is 4.90 Å². The van der Waals surface area contributed by atoms with Gasteiger partial charge in [0.15, 0.2) is 12.3 Å². The second-order valence-electron chi connectivity index (χ2n) is 21.9. The maximum atomic E-state index is 13.0. The molecule has 5 N–H and O–H groups in total. The quantitative estimate of drug-likeness (QED) is 0.0129. The van der Waals surface area contributed by atoms with Gasteiger partial charge in [-0.3, -0.25) is 32.4 Å². The van der Waals surface area contributed by atoms with Gasteiger partial charge in [-0.05, 0) is 85.9 Å². The van der Waals surface area contributed by atoms with Gasteiger partial charge in [0.25, 0.3) is 62.4 Å². The molecule has 0 saturated carbocycles. The number of hydrogen-bond donors (Lipinski definition) is 5. The van der Waals surface area contributed by atoms with Crippen LogP contribution in [0.25, 0.3) is 21.5 Å². The van der Waals surface area contributed by atoms with Gasteiger partial charge in [0.05, 0.1) is 93.4 Å². The van der Waals surface area contributed by atoms with Gasteiger partial charge in [-0.15, -0.1) is 5.06 Å². The minimum Gasteiger partial charge on any atom is -0.382 e. The van der Waals surface area contributed by atoms with Gasteiger partial charge in [-0.2, -0.15) is 46.7 Å². The monoisotopic (exact) mass is 1400 g/mol. The molecule has 3 aliphatic heterocycles. The second kappa shape index (κ2) is 31.5. The topological polar surface area (TPSA) is 406 Å². The lowest BCUT2D eigenvalue weighted by Gasteiger charge is -2.31. The standard InChI is InChI=1S/C59H73N3O26S5/c1-58(20-10-36-89(66,67)68)51(61(22-26-81-3)48-40-50(93(78,79)80)43-14-13-41(90(69,70)71)37-45(43)57(48)58)11-8-6-5-7-9-12-52-59(2,21-25-84-31-33-87-35-34-86-29-28-82-4)56-46-38-42(91(72,73)74)39-49(92(75,76)77)44(46)15-16-47(56)60(52)23-27-85-32-30-83-24-19-55(65)88-62-53(63)17-18-54(62)64/h5-9,11-16,37-40H,10,17-36H2,1-4H3,(H4-,66,67,68,69,70,71,72,73,74,75,76,77,78,79,80)/p+1. The van der Waals surface area contributed by atoms with Crippen molar-refractivity contribution < 1.29 is 122 Å². The Kier molecular flexibility index (Phi) is 25.1. The maximum Gasteiger partial charge on any atom is 0.335 e. The Morgan fingerprint density at radius 1 is 0.559 bits per heavy atom. The fourth-order valence-electron chi connectivity index (χ4n) is 11.4. The Labute approximate surface area is 538 Å². The molecule has 34 heteroatoms. The van der Waals surface area contributed by atoms with E-state index in [4.69, 9.17) is 38.0 Å². The Morgan fingerprint density at radius 2 is 1.09 bits per heavy atom. The molecule has 3 aliphatic rings. The second-order valence-corrected chi connectivity index (χ2v) is 29.1. The third-order valence-corrected chi connectivity index (χ3v) is 19.9. The summed E-state index contributed by atoms with van der Waals surface area (Å²) >= 11 is 0. The number of carbonyl (C=O) groups excluding carboxylic acids is 3. The molecule has 29 nitrogen and oxygen atoms in total. The molecular weight excluding hydrogens is 1330 g/mol. The zero-order valence-electron chi connectivity index (χ0n) is 51.2. The molecule has 4 aromatic carbocycles. The van der Waals surface area contributed by atoms with Crippen molar-refractivity contribution in [2.75, 3.05) is 117 Å². The van der Waals surface area contributed by atoms with E-state index in [-0.39, 0.29) is 138 Å². The first-order chi connectivity index (χ1) is 43.8. The summed E-state index contributed by atoms with van der Waals surface area (Å²) < 4.78 is 219. The summed E-state index contributed by atoms with van der Waals surface area (Å²) in [5.74, 6) is -2.81. The highest BCUT2D eigenvalue weighted by molar-refractivity contribution is 7.87. The van der Waals surface area contributed by atoms with Crippen molar-refractivity contribution in [1.29, 1.82) is 0 Å². The molecule has 0 spiro atoms. The highest BCUT2D eigenvalue weighted by Crippen LogP contribution is 2.54. The molecule has 0 radical (unpaired) electrons. The number of fused-ring (bicyclic) bond motifs is 6. The van der Waals surface area contributed by atoms with Crippen LogP contribution in [0.15, 0.2) is 116 Å². The summed E-state index contributed by atoms with van der Waals surface area (Å²) in [5, 5.41) is 0.276. The third-order valence-electron chi connectivity index (χ3n) is 15.6. The Balaban J connectivity index is 1.26. The largest absolute Gasteiger partial charge is 0.382 e. The van der Waals surface area contributed by atoms with Crippen LogP contribution in [0.5, 0.6) is 0 Å². The number of nitrogens with zero attached hydrogens (tertiary/aromatic N) is 3. The van der Waals surface area contributed by atoms with Crippen LogP contribution in [0.3, 0.4) is 0 Å². The molecular formula is C59H74N3O26S5+. The molecule has 0 bridgehead atoms. The minimum absolute atomic E-state index is 0.00168. The first-order valence-corrected chi connectivity index (χ1v) is 36.3. The van der Waals surface area contributed by atoms with Crippen molar-refractivity contribution >= 4 is 107 Å². The number of amides is 2. The number of imide groups is 1. The number of carbonyl (C=O) groups is 3. The molecule has 3 heterocycles. The minimum atomic E-state index is -5.13. The van der Waals surface area contributed by atoms with E-state index < -0.39 is 105 Å². The predicted octanol–water partition coefficient (Wildman–Crippen LogP) is 5.10. The molecule has 1 fully saturated rings. The molecule has 2 unspecified atom stereocenters. The average Bonchev–Trinajstić information content (AvgIpc) is 1.59. The van der Waals surface area contributed by atoms with E-state index in [0.717, 1.165) is 24.3 Å². The summed E-state index contributed by atoms with van der Waals surface area (Å²) in [7, 11) is -21.7. The van der Waals surface area contributed by atoms with Gasteiger partial charge >= 0.3 is 5.97 Å². The zero-order valence-corrected chi connectivity index (χ0v) is 55.3. The van der Waals surface area contributed by atoms with Crippen LogP contribution in [-0.4, -0.2) is 210 Å². The van der Waals surface area contributed by atoms with Gasteiger partial charge in [0.2, 0.25) is 5.69 Å². The number of anilines is 1. The van der Waals surface area contributed by atoms with Crippen LogP contribution in [0.2, 0.25) is 0 Å². The molecule has 510 valence electrons. The van der Waals surface area contributed by atoms with Crippen molar-refractivity contribution in [3.05, 3.63) is 108 Å². The molecule has 0 aliphatic carbocycles. The Morgan fingerprint density at radius 3 is 1.68 bits per heavy atom. The number of benzene rings is 4. The van der Waals surface area contributed by atoms with E-state index in [1.807, 2.05) is 11.8 Å². The first kappa shape index (κ1) is 74.1. The Bertz CT molecular complexity index is 4210. The fourth-order valence-corrected chi connectivity index (χ4v) is 14.4.